The normalized spacial score (nSPS) is 11.0. The molecule has 0 spiro atoms. The molecule has 0 fully saturated rings. The number of nitrogens with zero attached hydrogens (tertiary/aromatic N) is 5. The van der Waals surface area contributed by atoms with Crippen molar-refractivity contribution in [2.75, 3.05) is 7.11 Å². The molecule has 0 bridgehead atoms. The van der Waals surface area contributed by atoms with E-state index in [4.69, 9.17) is 20.9 Å². The van der Waals surface area contributed by atoms with Crippen molar-refractivity contribution >= 4 is 23.4 Å². The van der Waals surface area contributed by atoms with Gasteiger partial charge in [0.05, 0.1) is 23.4 Å². The Labute approximate surface area is 170 Å². The van der Waals surface area contributed by atoms with E-state index in [0.29, 0.717) is 28.1 Å². The number of benzene rings is 2. The Morgan fingerprint density at radius 2 is 1.89 bits per heavy atom. The van der Waals surface area contributed by atoms with Crippen molar-refractivity contribution in [1.29, 1.82) is 0 Å². The van der Waals surface area contributed by atoms with E-state index < -0.39 is 0 Å². The molecular formula is C19H16ClN5O2S. The lowest BCUT2D eigenvalue weighted by atomic mass is 10.2. The Balaban J connectivity index is 1.47. The zero-order valence-corrected chi connectivity index (χ0v) is 16.7. The van der Waals surface area contributed by atoms with Crippen LogP contribution in [0.4, 0.5) is 0 Å². The minimum absolute atomic E-state index is 0.401. The lowest BCUT2D eigenvalue weighted by molar-refractivity contribution is 0.415. The lowest BCUT2D eigenvalue weighted by Gasteiger charge is -2.04. The fraction of sp³-hybridized carbons (Fsp3) is 0.158. The number of halogens is 1. The summed E-state index contributed by atoms with van der Waals surface area (Å²) in [5.41, 5.74) is 1.68. The van der Waals surface area contributed by atoms with Crippen LogP contribution < -0.4 is 4.74 Å². The molecule has 2 heterocycles. The molecule has 4 rings (SSSR count). The molecule has 4 aromatic rings. The Morgan fingerprint density at radius 1 is 1.11 bits per heavy atom. The Hall–Kier alpha value is -2.84. The first-order valence-electron chi connectivity index (χ1n) is 8.40. The number of methoxy groups -OCH3 is 1. The fourth-order valence-electron chi connectivity index (χ4n) is 2.62. The van der Waals surface area contributed by atoms with Gasteiger partial charge in [-0.15, -0.1) is 10.2 Å². The second kappa shape index (κ2) is 8.04. The molecule has 0 atom stereocenters. The molecule has 0 amide bonds. The smallest absolute Gasteiger partial charge is 0.259 e. The van der Waals surface area contributed by atoms with E-state index in [9.17, 15) is 0 Å². The summed E-state index contributed by atoms with van der Waals surface area (Å²) in [5, 5.41) is 13.9. The fourth-order valence-corrected chi connectivity index (χ4v) is 3.59. The third kappa shape index (κ3) is 3.74. The van der Waals surface area contributed by atoms with Crippen LogP contribution in [-0.4, -0.2) is 32.0 Å². The maximum absolute atomic E-state index is 6.18. The largest absolute Gasteiger partial charge is 0.497 e. The van der Waals surface area contributed by atoms with Gasteiger partial charge in [0, 0.05) is 12.6 Å². The number of aromatic nitrogens is 5. The van der Waals surface area contributed by atoms with E-state index in [2.05, 4.69) is 20.3 Å². The summed E-state index contributed by atoms with van der Waals surface area (Å²) in [6, 6.07) is 15.1. The third-order valence-corrected chi connectivity index (χ3v) is 5.43. The molecule has 0 saturated carbocycles. The zero-order valence-electron chi connectivity index (χ0n) is 15.2. The van der Waals surface area contributed by atoms with Crippen molar-refractivity contribution in [3.05, 3.63) is 59.4 Å². The summed E-state index contributed by atoms with van der Waals surface area (Å²) in [5.74, 6) is 3.04. The number of hydrogen-bond acceptors (Lipinski definition) is 7. The van der Waals surface area contributed by atoms with Gasteiger partial charge in [0.2, 0.25) is 0 Å². The number of ether oxygens (including phenoxy) is 1. The predicted octanol–water partition coefficient (Wildman–Crippen LogP) is 4.49. The van der Waals surface area contributed by atoms with E-state index in [1.54, 1.807) is 13.2 Å². The zero-order chi connectivity index (χ0) is 19.5. The molecule has 0 unspecified atom stereocenters. The summed E-state index contributed by atoms with van der Waals surface area (Å²) in [6.45, 7) is 0. The molecule has 0 saturated heterocycles. The minimum Gasteiger partial charge on any atom is -0.497 e. The van der Waals surface area contributed by atoms with Gasteiger partial charge in [-0.05, 0) is 36.4 Å². The van der Waals surface area contributed by atoms with Crippen LogP contribution in [0.2, 0.25) is 5.02 Å². The quantitative estimate of drug-likeness (QED) is 0.431. The van der Waals surface area contributed by atoms with E-state index in [1.807, 2.05) is 54.1 Å². The van der Waals surface area contributed by atoms with Gasteiger partial charge in [-0.25, -0.2) is 0 Å². The van der Waals surface area contributed by atoms with E-state index in [0.717, 1.165) is 22.3 Å². The van der Waals surface area contributed by atoms with Gasteiger partial charge in [0.15, 0.2) is 16.8 Å². The topological polar surface area (TPSA) is 78.9 Å². The second-order valence-corrected chi connectivity index (χ2v) is 7.23. The standard InChI is InChI=1S/C19H16ClN5O2S/c1-25-17(12-7-9-13(26-2)10-8-12)22-23-19(25)28-11-16-21-18(27-24-16)14-5-3-4-6-15(14)20/h3-10H,11H2,1-2H3. The Bertz CT molecular complexity index is 1090. The molecule has 0 aliphatic carbocycles. The number of rotatable bonds is 6. The van der Waals surface area contributed by atoms with Crippen LogP contribution in [0.1, 0.15) is 5.82 Å². The van der Waals surface area contributed by atoms with Gasteiger partial charge < -0.3 is 13.8 Å². The van der Waals surface area contributed by atoms with Crippen molar-refractivity contribution in [1.82, 2.24) is 24.9 Å². The lowest BCUT2D eigenvalue weighted by Crippen LogP contribution is -1.95. The van der Waals surface area contributed by atoms with Crippen LogP contribution >= 0.6 is 23.4 Å². The summed E-state index contributed by atoms with van der Waals surface area (Å²) >= 11 is 7.66. The first-order chi connectivity index (χ1) is 13.7. The molecular weight excluding hydrogens is 398 g/mol. The maximum atomic E-state index is 6.18. The molecule has 0 N–H and O–H groups in total. The van der Waals surface area contributed by atoms with Crippen LogP contribution in [0, 0.1) is 0 Å². The van der Waals surface area contributed by atoms with Crippen molar-refractivity contribution in [2.45, 2.75) is 10.9 Å². The Morgan fingerprint density at radius 3 is 2.64 bits per heavy atom. The highest BCUT2D eigenvalue weighted by atomic mass is 35.5. The molecule has 0 aliphatic rings. The highest BCUT2D eigenvalue weighted by molar-refractivity contribution is 7.98. The molecule has 0 radical (unpaired) electrons. The van der Waals surface area contributed by atoms with Gasteiger partial charge in [0.1, 0.15) is 5.75 Å². The summed E-state index contributed by atoms with van der Waals surface area (Å²) in [4.78, 5) is 4.42. The van der Waals surface area contributed by atoms with Crippen LogP contribution in [0.3, 0.4) is 0 Å². The maximum Gasteiger partial charge on any atom is 0.259 e. The predicted molar refractivity (Wildman–Crippen MR) is 107 cm³/mol. The monoisotopic (exact) mass is 413 g/mol. The van der Waals surface area contributed by atoms with Crippen molar-refractivity contribution in [2.24, 2.45) is 7.05 Å². The minimum atomic E-state index is 0.401. The SMILES string of the molecule is COc1ccc(-c2nnc(SCc3noc(-c4ccccc4Cl)n3)n2C)cc1. The van der Waals surface area contributed by atoms with Crippen molar-refractivity contribution in [3.8, 4) is 28.6 Å². The van der Waals surface area contributed by atoms with E-state index >= 15 is 0 Å². The van der Waals surface area contributed by atoms with Crippen LogP contribution in [0.15, 0.2) is 58.2 Å². The van der Waals surface area contributed by atoms with Gasteiger partial charge in [-0.3, -0.25) is 0 Å². The molecule has 7 nitrogen and oxygen atoms in total. The average Bonchev–Trinajstić information content (AvgIpc) is 3.33. The molecule has 142 valence electrons. The number of hydrogen-bond donors (Lipinski definition) is 0. The Kier molecular flexibility index (Phi) is 5.31. The van der Waals surface area contributed by atoms with Gasteiger partial charge >= 0.3 is 0 Å². The molecule has 2 aromatic heterocycles. The molecule has 28 heavy (non-hydrogen) atoms. The van der Waals surface area contributed by atoms with E-state index in [1.165, 1.54) is 11.8 Å². The first-order valence-corrected chi connectivity index (χ1v) is 9.76. The van der Waals surface area contributed by atoms with Crippen molar-refractivity contribution < 1.29 is 9.26 Å². The molecule has 0 aliphatic heterocycles. The molecule has 2 aromatic carbocycles. The average molecular weight is 414 g/mol. The highest BCUT2D eigenvalue weighted by Crippen LogP contribution is 2.28. The molecule has 9 heteroatoms. The number of thioether (sulfide) groups is 1. The van der Waals surface area contributed by atoms with Crippen LogP contribution in [-0.2, 0) is 12.8 Å². The van der Waals surface area contributed by atoms with Crippen LogP contribution in [0.5, 0.6) is 5.75 Å². The first kappa shape index (κ1) is 18.5. The van der Waals surface area contributed by atoms with Crippen molar-refractivity contribution in [3.63, 3.8) is 0 Å². The van der Waals surface area contributed by atoms with Crippen LogP contribution in [0.25, 0.3) is 22.8 Å². The summed E-state index contributed by atoms with van der Waals surface area (Å²) in [7, 11) is 3.56. The van der Waals surface area contributed by atoms with E-state index in [-0.39, 0.29) is 0 Å². The van der Waals surface area contributed by atoms with Gasteiger partial charge in [0.25, 0.3) is 5.89 Å². The third-order valence-electron chi connectivity index (χ3n) is 4.09. The summed E-state index contributed by atoms with van der Waals surface area (Å²) in [6.07, 6.45) is 0. The van der Waals surface area contributed by atoms with Gasteiger partial charge in [-0.1, -0.05) is 40.7 Å². The highest BCUT2D eigenvalue weighted by Gasteiger charge is 2.15. The summed E-state index contributed by atoms with van der Waals surface area (Å²) < 4.78 is 12.5. The van der Waals surface area contributed by atoms with Gasteiger partial charge in [-0.2, -0.15) is 4.98 Å². The second-order valence-electron chi connectivity index (χ2n) is 5.88.